The fourth-order valence-corrected chi connectivity index (χ4v) is 8.30. The number of nitrogens with zero attached hydrogens (tertiary/aromatic N) is 1. The van der Waals surface area contributed by atoms with Crippen LogP contribution in [0, 0.1) is 5.92 Å². The molecule has 204 valence electrons. The minimum Gasteiger partial charge on any atom is -0.340 e. The molecule has 3 heteroatoms. The Hall–Kier alpha value is -1.84. The van der Waals surface area contributed by atoms with Gasteiger partial charge < -0.3 is 4.57 Å². The van der Waals surface area contributed by atoms with E-state index in [2.05, 4.69) is 98.8 Å². The Bertz CT molecular complexity index is 1590. The number of unbranched alkanes of at least 4 members (excludes halogenated alkanes) is 8. The van der Waals surface area contributed by atoms with Gasteiger partial charge in [-0.2, -0.15) is 0 Å². The van der Waals surface area contributed by atoms with Gasteiger partial charge in [0.2, 0.25) is 0 Å². The maximum Gasteiger partial charge on any atom is 0.0509 e. The van der Waals surface area contributed by atoms with Crippen molar-refractivity contribution in [3.05, 3.63) is 57.5 Å². The average Bonchev–Trinajstić information content (AvgIpc) is 3.25. The Morgan fingerprint density at radius 3 is 1.51 bits per heavy atom. The van der Waals surface area contributed by atoms with Crippen LogP contribution < -0.4 is 0 Å². The molecule has 0 saturated carbocycles. The van der Waals surface area contributed by atoms with Gasteiger partial charge in [-0.3, -0.25) is 0 Å². The molecular weight excluding hydrogens is 606 g/mol. The summed E-state index contributed by atoms with van der Waals surface area (Å²) in [6.45, 7) is 5.74. The van der Waals surface area contributed by atoms with Crippen LogP contribution in [0.15, 0.2) is 57.5 Å². The molecule has 1 unspecified atom stereocenters. The van der Waals surface area contributed by atoms with Crippen molar-refractivity contribution >= 4 is 86.0 Å². The van der Waals surface area contributed by atoms with Crippen molar-refractivity contribution in [2.45, 2.75) is 97.4 Å². The molecule has 0 amide bonds. The largest absolute Gasteiger partial charge is 0.340 e. The van der Waals surface area contributed by atoms with E-state index in [0.29, 0.717) is 0 Å². The highest BCUT2D eigenvalue weighted by molar-refractivity contribution is 9.11. The molecule has 0 bridgehead atoms. The van der Waals surface area contributed by atoms with Gasteiger partial charge in [-0.15, -0.1) is 0 Å². The van der Waals surface area contributed by atoms with Gasteiger partial charge in [-0.25, -0.2) is 0 Å². The maximum absolute atomic E-state index is 3.99. The second kappa shape index (κ2) is 12.0. The van der Waals surface area contributed by atoms with E-state index in [9.17, 15) is 0 Å². The van der Waals surface area contributed by atoms with Gasteiger partial charge in [-0.1, -0.05) is 146 Å². The molecular formula is C36H41Br2N. The normalized spacial score (nSPS) is 13.3. The summed E-state index contributed by atoms with van der Waals surface area (Å²) in [6.07, 6.45) is 16.4. The Kier molecular flexibility index (Phi) is 8.38. The standard InChI is InChI=1S/C36H41Br2N/c1-3-5-7-9-10-12-16-24(15-11-8-6-4-2)23-39-31-21-29(37)27-19-13-17-25-26-18-14-20-28-30(38)22-32(39)36(34(26)28)35(31)33(25)27/h13-14,17-22,24H,3-12,15-16,23H2,1-2H3. The number of hydrogen-bond donors (Lipinski definition) is 0. The lowest BCUT2D eigenvalue weighted by atomic mass is 9.90. The molecule has 0 saturated heterocycles. The monoisotopic (exact) mass is 645 g/mol. The Morgan fingerprint density at radius 1 is 0.564 bits per heavy atom. The van der Waals surface area contributed by atoms with Crippen LogP contribution in [0.3, 0.4) is 0 Å². The summed E-state index contributed by atoms with van der Waals surface area (Å²) in [5, 5.41) is 11.2. The summed E-state index contributed by atoms with van der Waals surface area (Å²) in [6, 6.07) is 18.5. The molecule has 39 heavy (non-hydrogen) atoms. The first kappa shape index (κ1) is 27.3. The van der Waals surface area contributed by atoms with E-state index in [-0.39, 0.29) is 0 Å². The van der Waals surface area contributed by atoms with E-state index in [1.165, 1.54) is 140 Å². The maximum atomic E-state index is 3.99. The summed E-state index contributed by atoms with van der Waals surface area (Å²) in [5.41, 5.74) is 2.79. The van der Waals surface area contributed by atoms with Crippen LogP contribution in [0.25, 0.3) is 54.1 Å². The van der Waals surface area contributed by atoms with Gasteiger partial charge in [0, 0.05) is 37.0 Å². The minimum atomic E-state index is 0.724. The molecule has 0 radical (unpaired) electrons. The molecule has 6 aromatic rings. The van der Waals surface area contributed by atoms with Crippen molar-refractivity contribution in [3.63, 3.8) is 0 Å². The van der Waals surface area contributed by atoms with Crippen molar-refractivity contribution in [2.24, 2.45) is 5.92 Å². The number of aromatic nitrogens is 1. The first-order valence-corrected chi connectivity index (χ1v) is 17.0. The van der Waals surface area contributed by atoms with Gasteiger partial charge >= 0.3 is 0 Å². The summed E-state index contributed by atoms with van der Waals surface area (Å²) in [5.74, 6) is 0.724. The summed E-state index contributed by atoms with van der Waals surface area (Å²) < 4.78 is 5.11. The van der Waals surface area contributed by atoms with Gasteiger partial charge in [0.15, 0.2) is 0 Å². The lowest BCUT2D eigenvalue weighted by Gasteiger charge is -2.20. The third kappa shape index (κ3) is 4.97. The zero-order valence-electron chi connectivity index (χ0n) is 23.6. The molecule has 0 aliphatic rings. The SMILES string of the molecule is CCCCCCCCC(CCCCCC)Cn1c2cc(Br)c3cccc4c5cccc6c(Br)cc1c(c65)c2c34. The van der Waals surface area contributed by atoms with Crippen LogP contribution in [0.4, 0.5) is 0 Å². The molecule has 6 rings (SSSR count). The fourth-order valence-electron chi connectivity index (χ4n) is 7.20. The number of benzene rings is 5. The smallest absolute Gasteiger partial charge is 0.0509 e. The van der Waals surface area contributed by atoms with Crippen molar-refractivity contribution in [1.82, 2.24) is 4.57 Å². The van der Waals surface area contributed by atoms with Gasteiger partial charge in [0.05, 0.1) is 11.0 Å². The van der Waals surface area contributed by atoms with Gasteiger partial charge in [-0.05, 0) is 52.4 Å². The van der Waals surface area contributed by atoms with Crippen LogP contribution >= 0.6 is 31.9 Å². The van der Waals surface area contributed by atoms with Gasteiger partial charge in [0.25, 0.3) is 0 Å². The molecule has 0 N–H and O–H groups in total. The van der Waals surface area contributed by atoms with E-state index < -0.39 is 0 Å². The Morgan fingerprint density at radius 2 is 1.00 bits per heavy atom. The number of halogens is 2. The van der Waals surface area contributed by atoms with Crippen LogP contribution in [-0.2, 0) is 6.54 Å². The molecule has 0 aliphatic heterocycles. The first-order chi connectivity index (χ1) is 19.1. The molecule has 1 atom stereocenters. The van der Waals surface area contributed by atoms with E-state index in [1.807, 2.05) is 0 Å². The molecule has 0 spiro atoms. The molecule has 1 nitrogen and oxygen atoms in total. The predicted octanol–water partition coefficient (Wildman–Crippen LogP) is 13.0. The van der Waals surface area contributed by atoms with E-state index in [4.69, 9.17) is 0 Å². The summed E-state index contributed by atoms with van der Waals surface area (Å²) in [4.78, 5) is 0. The summed E-state index contributed by atoms with van der Waals surface area (Å²) in [7, 11) is 0. The lowest BCUT2D eigenvalue weighted by Crippen LogP contribution is -2.11. The number of hydrogen-bond acceptors (Lipinski definition) is 0. The minimum absolute atomic E-state index is 0.724. The number of rotatable bonds is 14. The highest BCUT2D eigenvalue weighted by Crippen LogP contribution is 2.49. The zero-order valence-corrected chi connectivity index (χ0v) is 26.8. The predicted molar refractivity (Wildman–Crippen MR) is 180 cm³/mol. The lowest BCUT2D eigenvalue weighted by molar-refractivity contribution is 0.365. The molecule has 0 aliphatic carbocycles. The van der Waals surface area contributed by atoms with Gasteiger partial charge in [0.1, 0.15) is 0 Å². The Labute approximate surface area is 250 Å². The van der Waals surface area contributed by atoms with Crippen LogP contribution in [0.1, 0.15) is 90.9 Å². The van der Waals surface area contributed by atoms with E-state index in [0.717, 1.165) is 12.5 Å². The second-order valence-corrected chi connectivity index (χ2v) is 13.6. The van der Waals surface area contributed by atoms with Crippen LogP contribution in [-0.4, -0.2) is 4.57 Å². The van der Waals surface area contributed by atoms with Crippen molar-refractivity contribution < 1.29 is 0 Å². The molecule has 0 fully saturated rings. The van der Waals surface area contributed by atoms with Crippen molar-refractivity contribution in [1.29, 1.82) is 0 Å². The third-order valence-electron chi connectivity index (χ3n) is 9.18. The van der Waals surface area contributed by atoms with E-state index >= 15 is 0 Å². The summed E-state index contributed by atoms with van der Waals surface area (Å²) >= 11 is 7.98. The molecule has 1 heterocycles. The molecule has 5 aromatic carbocycles. The fraction of sp³-hybridized carbons (Fsp3) is 0.444. The van der Waals surface area contributed by atoms with Crippen molar-refractivity contribution in [2.75, 3.05) is 0 Å². The van der Waals surface area contributed by atoms with Crippen molar-refractivity contribution in [3.8, 4) is 0 Å². The highest BCUT2D eigenvalue weighted by Gasteiger charge is 2.24. The first-order valence-electron chi connectivity index (χ1n) is 15.4. The second-order valence-electron chi connectivity index (χ2n) is 11.8. The molecule has 1 aromatic heterocycles. The highest BCUT2D eigenvalue weighted by atomic mass is 79.9. The van der Waals surface area contributed by atoms with E-state index in [1.54, 1.807) is 0 Å². The Balaban J connectivity index is 1.47. The quantitative estimate of drug-likeness (QED) is 0.0630. The average molecular weight is 648 g/mol. The van der Waals surface area contributed by atoms with Crippen LogP contribution in [0.5, 0.6) is 0 Å². The van der Waals surface area contributed by atoms with Crippen LogP contribution in [0.2, 0.25) is 0 Å². The zero-order chi connectivity index (χ0) is 26.9. The number of fused-ring (bicyclic) bond motifs is 1. The topological polar surface area (TPSA) is 4.93 Å². The third-order valence-corrected chi connectivity index (χ3v) is 10.5.